The van der Waals surface area contributed by atoms with E-state index in [1.165, 1.54) is 10.6 Å². The van der Waals surface area contributed by atoms with Gasteiger partial charge in [-0.2, -0.15) is 0 Å². The first-order valence-electron chi connectivity index (χ1n) is 5.29. The fourth-order valence-electron chi connectivity index (χ4n) is 1.90. The number of nitrogens with zero attached hydrogens (tertiary/aromatic N) is 1. The van der Waals surface area contributed by atoms with Gasteiger partial charge in [-0.25, -0.2) is 0 Å². The Balaban J connectivity index is 2.24. The maximum Gasteiger partial charge on any atom is 0.0801 e. The number of hydrogen-bond acceptors (Lipinski definition) is 2. The molecule has 1 unspecified atom stereocenters. The van der Waals surface area contributed by atoms with E-state index < -0.39 is 0 Å². The summed E-state index contributed by atoms with van der Waals surface area (Å²) in [5.41, 5.74) is 1.35. The monoisotopic (exact) mass is 218 g/mol. The molecule has 0 amide bonds. The second-order valence-corrected chi connectivity index (χ2v) is 4.84. The van der Waals surface area contributed by atoms with Crippen LogP contribution in [-0.4, -0.2) is 11.9 Å². The van der Waals surface area contributed by atoms with Crippen molar-refractivity contribution >= 4 is 17.4 Å². The molecule has 0 spiro atoms. The Hall–Kier alpha value is -0.890. The first-order chi connectivity index (χ1) is 7.36. The average Bonchev–Trinajstić information content (AvgIpc) is 2.59. The molecule has 0 saturated carbocycles. The van der Waals surface area contributed by atoms with E-state index in [2.05, 4.69) is 42.7 Å². The molecule has 1 aromatic rings. The van der Waals surface area contributed by atoms with E-state index in [0.717, 1.165) is 19.4 Å². The van der Waals surface area contributed by atoms with Gasteiger partial charge in [-0.05, 0) is 18.6 Å². The molecule has 1 atom stereocenters. The van der Waals surface area contributed by atoms with Gasteiger partial charge >= 0.3 is 0 Å². The molecule has 1 aliphatic heterocycles. The molecule has 0 saturated heterocycles. The van der Waals surface area contributed by atoms with Gasteiger partial charge in [-0.1, -0.05) is 43.3 Å². The predicted octanol–water partition coefficient (Wildman–Crippen LogP) is 3.73. The molecule has 1 aromatic carbocycles. The molecule has 1 radical (unpaired) electrons. The summed E-state index contributed by atoms with van der Waals surface area (Å²) < 4.78 is 0. The van der Waals surface area contributed by atoms with Gasteiger partial charge in [0.15, 0.2) is 0 Å². The van der Waals surface area contributed by atoms with E-state index in [1.54, 1.807) is 0 Å². The Morgan fingerprint density at radius 2 is 2.20 bits per heavy atom. The highest BCUT2D eigenvalue weighted by Gasteiger charge is 2.27. The number of anilines is 1. The number of rotatable bonds is 4. The minimum atomic E-state index is 0.540. The molecule has 2 heteroatoms. The highest BCUT2D eigenvalue weighted by molar-refractivity contribution is 8.00. The van der Waals surface area contributed by atoms with Crippen LogP contribution < -0.4 is 4.90 Å². The zero-order valence-corrected chi connectivity index (χ0v) is 9.67. The lowest BCUT2D eigenvalue weighted by atomic mass is 10.2. The van der Waals surface area contributed by atoms with E-state index in [1.807, 2.05) is 17.8 Å². The molecule has 15 heavy (non-hydrogen) atoms. The SMILES string of the molecule is [CH2]CCC1Sc2ccccc2N1CC=C. The lowest BCUT2D eigenvalue weighted by Gasteiger charge is -2.24. The molecule has 0 aromatic heterocycles. The van der Waals surface area contributed by atoms with Crippen LogP contribution in [0.15, 0.2) is 41.8 Å². The minimum absolute atomic E-state index is 0.540. The van der Waals surface area contributed by atoms with Crippen molar-refractivity contribution < 1.29 is 0 Å². The quantitative estimate of drug-likeness (QED) is 0.708. The molecule has 1 heterocycles. The van der Waals surface area contributed by atoms with Crippen molar-refractivity contribution in [3.05, 3.63) is 43.8 Å². The molecule has 0 N–H and O–H groups in total. The maximum absolute atomic E-state index is 3.94. The van der Waals surface area contributed by atoms with Crippen molar-refractivity contribution in [2.24, 2.45) is 0 Å². The Morgan fingerprint density at radius 1 is 1.40 bits per heavy atom. The van der Waals surface area contributed by atoms with Crippen LogP contribution in [0.25, 0.3) is 0 Å². The van der Waals surface area contributed by atoms with E-state index >= 15 is 0 Å². The van der Waals surface area contributed by atoms with Crippen LogP contribution in [0.1, 0.15) is 12.8 Å². The summed E-state index contributed by atoms with van der Waals surface area (Å²) in [6.07, 6.45) is 4.09. The summed E-state index contributed by atoms with van der Waals surface area (Å²) in [6, 6.07) is 8.58. The van der Waals surface area contributed by atoms with Crippen LogP contribution in [0.5, 0.6) is 0 Å². The van der Waals surface area contributed by atoms with Gasteiger partial charge in [0, 0.05) is 11.4 Å². The summed E-state index contributed by atoms with van der Waals surface area (Å²) in [4.78, 5) is 3.80. The molecule has 1 aliphatic rings. The van der Waals surface area contributed by atoms with Crippen molar-refractivity contribution in [1.82, 2.24) is 0 Å². The van der Waals surface area contributed by atoms with Crippen LogP contribution in [0.2, 0.25) is 0 Å². The van der Waals surface area contributed by atoms with Gasteiger partial charge in [0.05, 0.1) is 11.1 Å². The van der Waals surface area contributed by atoms with Gasteiger partial charge < -0.3 is 4.90 Å². The minimum Gasteiger partial charge on any atom is -0.355 e. The van der Waals surface area contributed by atoms with Crippen molar-refractivity contribution in [2.45, 2.75) is 23.1 Å². The molecule has 0 bridgehead atoms. The Labute approximate surface area is 96.2 Å². The molecule has 79 valence electrons. The fourth-order valence-corrected chi connectivity index (χ4v) is 3.27. The summed E-state index contributed by atoms with van der Waals surface area (Å²) in [6.45, 7) is 8.69. The van der Waals surface area contributed by atoms with Gasteiger partial charge in [0.2, 0.25) is 0 Å². The predicted molar refractivity (Wildman–Crippen MR) is 68.2 cm³/mol. The summed E-state index contributed by atoms with van der Waals surface area (Å²) in [7, 11) is 0. The number of para-hydroxylation sites is 1. The van der Waals surface area contributed by atoms with Gasteiger partial charge in [0.25, 0.3) is 0 Å². The zero-order valence-electron chi connectivity index (χ0n) is 8.86. The van der Waals surface area contributed by atoms with Crippen molar-refractivity contribution in [3.63, 3.8) is 0 Å². The van der Waals surface area contributed by atoms with Crippen LogP contribution in [-0.2, 0) is 0 Å². The van der Waals surface area contributed by atoms with Crippen LogP contribution in [0.3, 0.4) is 0 Å². The van der Waals surface area contributed by atoms with Gasteiger partial charge in [-0.15, -0.1) is 6.58 Å². The standard InChI is InChI=1S/C13H16NS/c1-3-7-13-14(10-4-2)11-8-5-6-9-12(11)15-13/h4-6,8-9,13H,1-3,7,10H2. The van der Waals surface area contributed by atoms with E-state index in [-0.39, 0.29) is 0 Å². The molecular weight excluding hydrogens is 202 g/mol. The second-order valence-electron chi connectivity index (χ2n) is 3.62. The second kappa shape index (κ2) is 4.75. The topological polar surface area (TPSA) is 3.24 Å². The number of benzene rings is 1. The summed E-state index contributed by atoms with van der Waals surface area (Å²) in [5, 5.41) is 0.540. The Kier molecular flexibility index (Phi) is 3.37. The number of thioether (sulfide) groups is 1. The molecule has 1 nitrogen and oxygen atoms in total. The lowest BCUT2D eigenvalue weighted by Crippen LogP contribution is -2.29. The summed E-state index contributed by atoms with van der Waals surface area (Å²) in [5.74, 6) is 0. The molecular formula is C13H16NS. The molecule has 0 fully saturated rings. The molecule has 0 aliphatic carbocycles. The number of hydrogen-bond donors (Lipinski definition) is 0. The van der Waals surface area contributed by atoms with Crippen molar-refractivity contribution in [1.29, 1.82) is 0 Å². The smallest absolute Gasteiger partial charge is 0.0801 e. The van der Waals surface area contributed by atoms with Crippen molar-refractivity contribution in [3.8, 4) is 0 Å². The van der Waals surface area contributed by atoms with Crippen LogP contribution >= 0.6 is 11.8 Å². The maximum atomic E-state index is 3.94. The summed E-state index contributed by atoms with van der Waals surface area (Å²) >= 11 is 1.95. The zero-order chi connectivity index (χ0) is 10.7. The van der Waals surface area contributed by atoms with Gasteiger partial charge in [-0.3, -0.25) is 0 Å². The number of fused-ring (bicyclic) bond motifs is 1. The highest BCUT2D eigenvalue weighted by Crippen LogP contribution is 2.44. The third kappa shape index (κ3) is 2.05. The van der Waals surface area contributed by atoms with Crippen LogP contribution in [0.4, 0.5) is 5.69 Å². The average molecular weight is 218 g/mol. The van der Waals surface area contributed by atoms with E-state index in [0.29, 0.717) is 5.37 Å². The largest absolute Gasteiger partial charge is 0.355 e. The third-order valence-corrected chi connectivity index (χ3v) is 3.92. The first kappa shape index (κ1) is 10.6. The Morgan fingerprint density at radius 3 is 2.93 bits per heavy atom. The molecule has 2 rings (SSSR count). The van der Waals surface area contributed by atoms with E-state index in [9.17, 15) is 0 Å². The fraction of sp³-hybridized carbons (Fsp3) is 0.308. The lowest BCUT2D eigenvalue weighted by molar-refractivity contribution is 0.737. The van der Waals surface area contributed by atoms with Crippen molar-refractivity contribution in [2.75, 3.05) is 11.4 Å². The van der Waals surface area contributed by atoms with Gasteiger partial charge in [0.1, 0.15) is 0 Å². The first-order valence-corrected chi connectivity index (χ1v) is 6.17. The highest BCUT2D eigenvalue weighted by atomic mass is 32.2. The third-order valence-electron chi connectivity index (χ3n) is 2.56. The normalized spacial score (nSPS) is 19.0. The Bertz CT molecular complexity index is 348. The van der Waals surface area contributed by atoms with Crippen LogP contribution in [0, 0.1) is 6.92 Å². The van der Waals surface area contributed by atoms with E-state index in [4.69, 9.17) is 0 Å².